The minimum Gasteiger partial charge on any atom is -0.350 e. The fourth-order valence-electron chi connectivity index (χ4n) is 3.76. The van der Waals surface area contributed by atoms with Crippen LogP contribution < -0.4 is 4.72 Å². The molecule has 1 N–H and O–H groups in total. The molecule has 7 heteroatoms. The van der Waals surface area contributed by atoms with Gasteiger partial charge in [0, 0.05) is 37.2 Å². The quantitative estimate of drug-likeness (QED) is 0.846. The summed E-state index contributed by atoms with van der Waals surface area (Å²) in [5.41, 5.74) is 4.13. The smallest absolute Gasteiger partial charge is 0.264 e. The highest BCUT2D eigenvalue weighted by molar-refractivity contribution is 7.92. The Hall–Kier alpha value is -2.28. The van der Waals surface area contributed by atoms with Crippen molar-refractivity contribution in [3.8, 4) is 0 Å². The first-order chi connectivity index (χ1) is 13.1. The SMILES string of the molecule is Cc1ccc(NS(=O)(=O)c2c(C(=O)N3CCCCC3)c(C)n(C)c2C)cc1C. The summed E-state index contributed by atoms with van der Waals surface area (Å²) in [6.45, 7) is 8.82. The van der Waals surface area contributed by atoms with Crippen LogP contribution in [-0.2, 0) is 17.1 Å². The molecule has 1 aromatic carbocycles. The molecule has 0 unspecified atom stereocenters. The molecular formula is C21H29N3O3S. The van der Waals surface area contributed by atoms with Gasteiger partial charge in [0.1, 0.15) is 4.90 Å². The number of likely N-dealkylation sites (tertiary alicyclic amines) is 1. The maximum Gasteiger partial charge on any atom is 0.264 e. The van der Waals surface area contributed by atoms with E-state index in [1.165, 1.54) is 0 Å². The monoisotopic (exact) mass is 403 g/mol. The number of carbonyl (C=O) groups is 1. The van der Waals surface area contributed by atoms with E-state index in [4.69, 9.17) is 0 Å². The van der Waals surface area contributed by atoms with Crippen LogP contribution in [0.4, 0.5) is 5.69 Å². The number of nitrogens with one attached hydrogen (secondary N) is 1. The summed E-state index contributed by atoms with van der Waals surface area (Å²) in [4.78, 5) is 15.1. The molecule has 0 saturated carbocycles. The van der Waals surface area contributed by atoms with Crippen LogP contribution in [0.25, 0.3) is 0 Å². The molecule has 2 heterocycles. The lowest BCUT2D eigenvalue weighted by molar-refractivity contribution is 0.0720. The van der Waals surface area contributed by atoms with Gasteiger partial charge in [0.15, 0.2) is 0 Å². The maximum absolute atomic E-state index is 13.3. The third-order valence-corrected chi connectivity index (χ3v) is 7.35. The van der Waals surface area contributed by atoms with E-state index in [2.05, 4.69) is 4.72 Å². The van der Waals surface area contributed by atoms with Gasteiger partial charge in [0.25, 0.3) is 15.9 Å². The van der Waals surface area contributed by atoms with Gasteiger partial charge in [0.05, 0.1) is 5.56 Å². The van der Waals surface area contributed by atoms with Crippen molar-refractivity contribution in [2.24, 2.45) is 7.05 Å². The Morgan fingerprint density at radius 3 is 2.21 bits per heavy atom. The lowest BCUT2D eigenvalue weighted by Gasteiger charge is -2.27. The second-order valence-corrected chi connectivity index (χ2v) is 9.31. The van der Waals surface area contributed by atoms with Crippen molar-refractivity contribution in [2.45, 2.75) is 51.9 Å². The minimum absolute atomic E-state index is 0.0845. The second-order valence-electron chi connectivity index (χ2n) is 7.69. The lowest BCUT2D eigenvalue weighted by atomic mass is 10.1. The molecule has 1 aromatic heterocycles. The highest BCUT2D eigenvalue weighted by Crippen LogP contribution is 2.30. The van der Waals surface area contributed by atoms with E-state index in [1.807, 2.05) is 26.0 Å². The van der Waals surface area contributed by atoms with Crippen molar-refractivity contribution in [1.29, 1.82) is 0 Å². The fraction of sp³-hybridized carbons (Fsp3) is 0.476. The molecule has 3 rings (SSSR count). The molecule has 1 fully saturated rings. The Bertz CT molecular complexity index is 1020. The Balaban J connectivity index is 2.05. The van der Waals surface area contributed by atoms with Crippen molar-refractivity contribution < 1.29 is 13.2 Å². The Morgan fingerprint density at radius 2 is 1.61 bits per heavy atom. The van der Waals surface area contributed by atoms with Gasteiger partial charge < -0.3 is 9.47 Å². The van der Waals surface area contributed by atoms with Gasteiger partial charge in [-0.3, -0.25) is 9.52 Å². The fourth-order valence-corrected chi connectivity index (χ4v) is 5.33. The number of benzene rings is 1. The average Bonchev–Trinajstić information content (AvgIpc) is 2.89. The largest absolute Gasteiger partial charge is 0.350 e. The standard InChI is InChI=1S/C21H29N3O3S/c1-14-9-10-18(13-15(14)2)22-28(26,27)20-17(4)23(5)16(3)19(20)21(25)24-11-7-6-8-12-24/h9-10,13,22H,6-8,11-12H2,1-5H3. The van der Waals surface area contributed by atoms with Crippen molar-refractivity contribution in [1.82, 2.24) is 9.47 Å². The van der Waals surface area contributed by atoms with Crippen LogP contribution in [0.1, 0.15) is 52.1 Å². The van der Waals surface area contributed by atoms with Gasteiger partial charge in [0.2, 0.25) is 0 Å². The predicted octanol–water partition coefficient (Wildman–Crippen LogP) is 3.69. The van der Waals surface area contributed by atoms with Gasteiger partial charge in [-0.15, -0.1) is 0 Å². The predicted molar refractivity (Wildman–Crippen MR) is 111 cm³/mol. The average molecular weight is 404 g/mol. The van der Waals surface area contributed by atoms with Crippen molar-refractivity contribution in [2.75, 3.05) is 17.8 Å². The molecule has 0 atom stereocenters. The molecule has 0 radical (unpaired) electrons. The first-order valence-electron chi connectivity index (χ1n) is 9.68. The zero-order valence-corrected chi connectivity index (χ0v) is 18.1. The molecular weight excluding hydrogens is 374 g/mol. The molecule has 0 aliphatic carbocycles. The number of anilines is 1. The normalized spacial score (nSPS) is 15.0. The van der Waals surface area contributed by atoms with Gasteiger partial charge in [-0.2, -0.15) is 0 Å². The first kappa shape index (κ1) is 20.5. The number of carbonyl (C=O) groups excluding carboxylic acids is 1. The highest BCUT2D eigenvalue weighted by atomic mass is 32.2. The molecule has 0 spiro atoms. The molecule has 1 amide bonds. The van der Waals surface area contributed by atoms with E-state index >= 15 is 0 Å². The molecule has 28 heavy (non-hydrogen) atoms. The molecule has 0 bridgehead atoms. The Morgan fingerprint density at radius 1 is 0.964 bits per heavy atom. The molecule has 1 aliphatic rings. The zero-order valence-electron chi connectivity index (χ0n) is 17.3. The molecule has 6 nitrogen and oxygen atoms in total. The molecule has 2 aromatic rings. The summed E-state index contributed by atoms with van der Waals surface area (Å²) in [7, 11) is -2.11. The highest BCUT2D eigenvalue weighted by Gasteiger charge is 2.33. The summed E-state index contributed by atoms with van der Waals surface area (Å²) in [6, 6.07) is 5.44. The van der Waals surface area contributed by atoms with Gasteiger partial charge in [-0.25, -0.2) is 8.42 Å². The van der Waals surface area contributed by atoms with Crippen molar-refractivity contribution in [3.05, 3.63) is 46.3 Å². The maximum atomic E-state index is 13.3. The summed E-state index contributed by atoms with van der Waals surface area (Å²) in [6.07, 6.45) is 3.02. The Kier molecular flexibility index (Phi) is 5.57. The van der Waals surface area contributed by atoms with Gasteiger partial charge in [-0.1, -0.05) is 6.07 Å². The molecule has 152 valence electrons. The third kappa shape index (κ3) is 3.68. The number of piperidine rings is 1. The number of aryl methyl sites for hydroxylation is 2. The van der Waals surface area contributed by atoms with Crippen LogP contribution in [-0.4, -0.2) is 36.9 Å². The summed E-state index contributed by atoms with van der Waals surface area (Å²) >= 11 is 0. The number of rotatable bonds is 4. The summed E-state index contributed by atoms with van der Waals surface area (Å²) in [5, 5.41) is 0. The van der Waals surface area contributed by atoms with Crippen LogP contribution in [0.15, 0.2) is 23.1 Å². The van der Waals surface area contributed by atoms with E-state index in [1.54, 1.807) is 36.4 Å². The molecule has 1 aliphatic heterocycles. The second kappa shape index (κ2) is 7.62. The van der Waals surface area contributed by atoms with Crippen LogP contribution in [0.2, 0.25) is 0 Å². The Labute approximate surface area is 167 Å². The lowest BCUT2D eigenvalue weighted by Crippen LogP contribution is -2.36. The number of hydrogen-bond donors (Lipinski definition) is 1. The van der Waals surface area contributed by atoms with E-state index in [9.17, 15) is 13.2 Å². The number of sulfonamides is 1. The van der Waals surface area contributed by atoms with Crippen LogP contribution in [0, 0.1) is 27.7 Å². The zero-order chi connectivity index (χ0) is 20.6. The van der Waals surface area contributed by atoms with Gasteiger partial charge in [-0.05, 0) is 70.2 Å². The number of amides is 1. The van der Waals surface area contributed by atoms with Crippen LogP contribution in [0.3, 0.4) is 0 Å². The number of aromatic nitrogens is 1. The topological polar surface area (TPSA) is 71.4 Å². The van der Waals surface area contributed by atoms with Gasteiger partial charge >= 0.3 is 0 Å². The number of nitrogens with zero attached hydrogens (tertiary/aromatic N) is 2. The first-order valence-corrected chi connectivity index (χ1v) is 11.2. The third-order valence-electron chi connectivity index (χ3n) is 5.81. The van der Waals surface area contributed by atoms with E-state index < -0.39 is 10.0 Å². The van der Waals surface area contributed by atoms with Crippen molar-refractivity contribution in [3.63, 3.8) is 0 Å². The van der Waals surface area contributed by atoms with Crippen molar-refractivity contribution >= 4 is 21.6 Å². The number of hydrogen-bond acceptors (Lipinski definition) is 3. The van der Waals surface area contributed by atoms with Crippen LogP contribution >= 0.6 is 0 Å². The van der Waals surface area contributed by atoms with E-state index in [0.29, 0.717) is 35.7 Å². The van der Waals surface area contributed by atoms with E-state index in [0.717, 1.165) is 30.4 Å². The summed E-state index contributed by atoms with van der Waals surface area (Å²) in [5.74, 6) is -0.193. The molecule has 1 saturated heterocycles. The van der Waals surface area contributed by atoms with Crippen LogP contribution in [0.5, 0.6) is 0 Å². The van der Waals surface area contributed by atoms with E-state index in [-0.39, 0.29) is 10.8 Å². The summed E-state index contributed by atoms with van der Waals surface area (Å²) < 4.78 is 31.0. The minimum atomic E-state index is -3.91.